The molecule has 1 aromatic heterocycles. The summed E-state index contributed by atoms with van der Waals surface area (Å²) in [6, 6.07) is 33.3. The first-order valence-electron chi connectivity index (χ1n) is 9.30. The largest absolute Gasteiger partial charge is 0.135 e. The second kappa shape index (κ2) is 6.16. The Labute approximate surface area is 175 Å². The molecule has 0 aliphatic rings. The standard InChI is InChI=1S/C26H15BrS/c27-20-10-12-26-24(15-20)23-14-19(9-11-25(23)28-26)18-8-7-17-6-5-16-3-1-2-4-21(16)22(17)13-18/h1-15H. The lowest BCUT2D eigenvalue weighted by molar-refractivity contribution is 1.70. The van der Waals surface area contributed by atoms with E-state index < -0.39 is 0 Å². The molecule has 0 N–H and O–H groups in total. The van der Waals surface area contributed by atoms with Crippen LogP contribution in [0.15, 0.2) is 95.5 Å². The first kappa shape index (κ1) is 16.3. The SMILES string of the molecule is Brc1ccc2sc3ccc(-c4ccc5ccc6ccccc6c5c4)cc3c2c1. The van der Waals surface area contributed by atoms with E-state index in [1.165, 1.54) is 52.8 Å². The van der Waals surface area contributed by atoms with E-state index in [2.05, 4.69) is 107 Å². The van der Waals surface area contributed by atoms with Crippen molar-refractivity contribution in [1.82, 2.24) is 0 Å². The summed E-state index contributed by atoms with van der Waals surface area (Å²) in [6.45, 7) is 0. The summed E-state index contributed by atoms with van der Waals surface area (Å²) in [5.41, 5.74) is 2.53. The van der Waals surface area contributed by atoms with Gasteiger partial charge >= 0.3 is 0 Å². The van der Waals surface area contributed by atoms with Crippen LogP contribution in [0.5, 0.6) is 0 Å². The number of rotatable bonds is 1. The molecule has 6 rings (SSSR count). The molecule has 0 unspecified atom stereocenters. The van der Waals surface area contributed by atoms with Gasteiger partial charge in [0.2, 0.25) is 0 Å². The van der Waals surface area contributed by atoms with Gasteiger partial charge in [0.25, 0.3) is 0 Å². The van der Waals surface area contributed by atoms with Crippen molar-refractivity contribution in [3.63, 3.8) is 0 Å². The molecule has 0 bridgehead atoms. The summed E-state index contributed by atoms with van der Waals surface area (Å²) in [5, 5.41) is 7.85. The summed E-state index contributed by atoms with van der Waals surface area (Å²) in [5.74, 6) is 0. The van der Waals surface area contributed by atoms with Gasteiger partial charge in [-0.15, -0.1) is 11.3 Å². The number of thiophene rings is 1. The second-order valence-corrected chi connectivity index (χ2v) is 9.18. The summed E-state index contributed by atoms with van der Waals surface area (Å²) >= 11 is 5.48. The van der Waals surface area contributed by atoms with Crippen LogP contribution in [0.1, 0.15) is 0 Å². The van der Waals surface area contributed by atoms with E-state index in [1.54, 1.807) is 0 Å². The zero-order valence-electron chi connectivity index (χ0n) is 14.9. The maximum absolute atomic E-state index is 3.62. The molecule has 0 saturated heterocycles. The fourth-order valence-corrected chi connectivity index (χ4v) is 5.54. The fourth-order valence-electron chi connectivity index (χ4n) is 4.11. The second-order valence-electron chi connectivity index (χ2n) is 7.18. The van der Waals surface area contributed by atoms with Crippen LogP contribution in [-0.4, -0.2) is 0 Å². The zero-order valence-corrected chi connectivity index (χ0v) is 17.3. The van der Waals surface area contributed by atoms with E-state index in [0.717, 1.165) is 4.47 Å². The van der Waals surface area contributed by atoms with Gasteiger partial charge in [0, 0.05) is 24.6 Å². The molecular weight excluding hydrogens is 424 g/mol. The Kier molecular flexibility index (Phi) is 3.59. The highest BCUT2D eigenvalue weighted by Crippen LogP contribution is 2.38. The van der Waals surface area contributed by atoms with E-state index in [0.29, 0.717) is 0 Å². The molecular formula is C26H15BrS. The quantitative estimate of drug-likeness (QED) is 0.225. The topological polar surface area (TPSA) is 0 Å². The number of hydrogen-bond donors (Lipinski definition) is 0. The normalized spacial score (nSPS) is 11.8. The zero-order chi connectivity index (χ0) is 18.7. The van der Waals surface area contributed by atoms with E-state index in [4.69, 9.17) is 0 Å². The molecule has 0 amide bonds. The van der Waals surface area contributed by atoms with Crippen LogP contribution in [-0.2, 0) is 0 Å². The van der Waals surface area contributed by atoms with Gasteiger partial charge in [-0.3, -0.25) is 0 Å². The number of fused-ring (bicyclic) bond motifs is 6. The lowest BCUT2D eigenvalue weighted by Gasteiger charge is -2.08. The molecule has 0 spiro atoms. The lowest BCUT2D eigenvalue weighted by Crippen LogP contribution is -1.81. The van der Waals surface area contributed by atoms with Crippen LogP contribution < -0.4 is 0 Å². The van der Waals surface area contributed by atoms with Crippen molar-refractivity contribution < 1.29 is 0 Å². The van der Waals surface area contributed by atoms with E-state index in [-0.39, 0.29) is 0 Å². The van der Waals surface area contributed by atoms with E-state index in [9.17, 15) is 0 Å². The van der Waals surface area contributed by atoms with Gasteiger partial charge in [-0.2, -0.15) is 0 Å². The smallest absolute Gasteiger partial charge is 0.0356 e. The molecule has 1 heterocycles. The molecule has 0 aliphatic carbocycles. The molecule has 2 heteroatoms. The Bertz CT molecular complexity index is 1520. The van der Waals surface area contributed by atoms with Crippen molar-refractivity contribution in [3.05, 3.63) is 95.5 Å². The highest BCUT2D eigenvalue weighted by Gasteiger charge is 2.09. The monoisotopic (exact) mass is 438 g/mol. The van der Waals surface area contributed by atoms with Gasteiger partial charge < -0.3 is 0 Å². The van der Waals surface area contributed by atoms with Gasteiger partial charge in [0.1, 0.15) is 0 Å². The number of hydrogen-bond acceptors (Lipinski definition) is 1. The predicted molar refractivity (Wildman–Crippen MR) is 127 cm³/mol. The van der Waals surface area contributed by atoms with Gasteiger partial charge in [0.15, 0.2) is 0 Å². The molecule has 132 valence electrons. The molecule has 28 heavy (non-hydrogen) atoms. The maximum atomic E-state index is 3.62. The fraction of sp³-hybridized carbons (Fsp3) is 0. The maximum Gasteiger partial charge on any atom is 0.0356 e. The molecule has 0 saturated carbocycles. The first-order chi connectivity index (χ1) is 13.8. The average Bonchev–Trinajstić information content (AvgIpc) is 3.10. The Morgan fingerprint density at radius 1 is 0.500 bits per heavy atom. The van der Waals surface area contributed by atoms with Crippen LogP contribution in [0.3, 0.4) is 0 Å². The van der Waals surface area contributed by atoms with Crippen molar-refractivity contribution in [3.8, 4) is 11.1 Å². The molecule has 0 aliphatic heterocycles. The Hall–Kier alpha value is -2.68. The van der Waals surface area contributed by atoms with Crippen molar-refractivity contribution in [2.24, 2.45) is 0 Å². The van der Waals surface area contributed by atoms with Crippen molar-refractivity contribution in [2.75, 3.05) is 0 Å². The highest BCUT2D eigenvalue weighted by atomic mass is 79.9. The minimum atomic E-state index is 1.13. The van der Waals surface area contributed by atoms with E-state index in [1.807, 2.05) is 11.3 Å². The molecule has 0 nitrogen and oxygen atoms in total. The first-order valence-corrected chi connectivity index (χ1v) is 10.9. The van der Waals surface area contributed by atoms with Crippen molar-refractivity contribution in [2.45, 2.75) is 0 Å². The molecule has 0 radical (unpaired) electrons. The number of benzene rings is 5. The third-order valence-corrected chi connectivity index (χ3v) is 7.16. The lowest BCUT2D eigenvalue weighted by atomic mass is 9.96. The Morgan fingerprint density at radius 2 is 1.11 bits per heavy atom. The molecule has 5 aromatic carbocycles. The molecule has 6 aromatic rings. The third kappa shape index (κ3) is 2.49. The average molecular weight is 439 g/mol. The highest BCUT2D eigenvalue weighted by molar-refractivity contribution is 9.10. The third-order valence-electron chi connectivity index (χ3n) is 5.51. The minimum Gasteiger partial charge on any atom is -0.135 e. The summed E-state index contributed by atoms with van der Waals surface area (Å²) < 4.78 is 3.80. The van der Waals surface area contributed by atoms with Crippen molar-refractivity contribution >= 4 is 69.0 Å². The summed E-state index contributed by atoms with van der Waals surface area (Å²) in [6.07, 6.45) is 0. The van der Waals surface area contributed by atoms with Crippen LogP contribution in [0, 0.1) is 0 Å². The van der Waals surface area contributed by atoms with Crippen LogP contribution in [0.25, 0.3) is 52.8 Å². The van der Waals surface area contributed by atoms with Crippen molar-refractivity contribution in [1.29, 1.82) is 0 Å². The predicted octanol–water partition coefficient (Wildman–Crippen LogP) is 8.79. The Balaban J connectivity index is 1.61. The molecule has 0 fully saturated rings. The van der Waals surface area contributed by atoms with Gasteiger partial charge in [-0.05, 0) is 69.1 Å². The summed E-state index contributed by atoms with van der Waals surface area (Å²) in [7, 11) is 0. The van der Waals surface area contributed by atoms with E-state index >= 15 is 0 Å². The van der Waals surface area contributed by atoms with Crippen LogP contribution in [0.2, 0.25) is 0 Å². The molecule has 0 atom stereocenters. The number of halogens is 1. The van der Waals surface area contributed by atoms with Gasteiger partial charge in [-0.1, -0.05) is 70.5 Å². The van der Waals surface area contributed by atoms with Crippen LogP contribution in [0.4, 0.5) is 0 Å². The Morgan fingerprint density at radius 3 is 1.96 bits per heavy atom. The van der Waals surface area contributed by atoms with Gasteiger partial charge in [-0.25, -0.2) is 0 Å². The van der Waals surface area contributed by atoms with Crippen LogP contribution >= 0.6 is 27.3 Å². The minimum absolute atomic E-state index is 1.13. The summed E-state index contributed by atoms with van der Waals surface area (Å²) in [4.78, 5) is 0. The van der Waals surface area contributed by atoms with Gasteiger partial charge in [0.05, 0.1) is 0 Å².